The summed E-state index contributed by atoms with van der Waals surface area (Å²) in [6.45, 7) is -1.02. The summed E-state index contributed by atoms with van der Waals surface area (Å²) in [5, 5.41) is 50.8. The maximum absolute atomic E-state index is 12.7. The quantitative estimate of drug-likeness (QED) is 0.106. The Morgan fingerprint density at radius 2 is 1.32 bits per heavy atom. The van der Waals surface area contributed by atoms with Gasteiger partial charge in [0.1, 0.15) is 12.1 Å². The molecule has 6 N–H and O–H groups in total. The van der Waals surface area contributed by atoms with Crippen LogP contribution in [0.4, 0.5) is 0 Å². The molecule has 2 unspecified atom stereocenters. The lowest BCUT2D eigenvalue weighted by atomic mass is 9.82. The zero-order valence-electron chi connectivity index (χ0n) is 20.2. The molecular formula is C24H33NO12. The van der Waals surface area contributed by atoms with Gasteiger partial charge < -0.3 is 40.3 Å². The van der Waals surface area contributed by atoms with Gasteiger partial charge in [0, 0.05) is 19.3 Å². The SMILES string of the molecule is O=C(O)CCOCC(NC(=O)CCC(=O)OCc1ccccc1)(C(O)CCC(=O)O)C(O)CCC(=O)O. The maximum Gasteiger partial charge on any atom is 0.306 e. The lowest BCUT2D eigenvalue weighted by Crippen LogP contribution is -2.66. The molecule has 2 atom stereocenters. The van der Waals surface area contributed by atoms with Crippen molar-refractivity contribution < 1.29 is 59.0 Å². The van der Waals surface area contributed by atoms with E-state index in [2.05, 4.69) is 5.32 Å². The van der Waals surface area contributed by atoms with Gasteiger partial charge in [0.05, 0.1) is 38.3 Å². The molecule has 1 aromatic carbocycles. The number of rotatable bonds is 19. The molecule has 206 valence electrons. The van der Waals surface area contributed by atoms with Gasteiger partial charge >= 0.3 is 23.9 Å². The molecule has 0 saturated carbocycles. The lowest BCUT2D eigenvalue weighted by Gasteiger charge is -2.42. The number of nitrogens with one attached hydrogen (secondary N) is 1. The molecular weight excluding hydrogens is 494 g/mol. The van der Waals surface area contributed by atoms with Crippen LogP contribution in [0.5, 0.6) is 0 Å². The number of carboxylic acid groups (broad SMARTS) is 3. The number of carbonyl (C=O) groups is 5. The van der Waals surface area contributed by atoms with Crippen molar-refractivity contribution in [2.24, 2.45) is 0 Å². The highest BCUT2D eigenvalue weighted by Gasteiger charge is 2.46. The lowest BCUT2D eigenvalue weighted by molar-refractivity contribution is -0.148. The number of amides is 1. The van der Waals surface area contributed by atoms with Gasteiger partial charge in [-0.15, -0.1) is 0 Å². The van der Waals surface area contributed by atoms with Crippen molar-refractivity contribution in [3.05, 3.63) is 35.9 Å². The molecule has 0 radical (unpaired) electrons. The molecule has 0 aliphatic heterocycles. The van der Waals surface area contributed by atoms with Crippen LogP contribution in [0.25, 0.3) is 0 Å². The Kier molecular flexibility index (Phi) is 13.8. The summed E-state index contributed by atoms with van der Waals surface area (Å²) in [7, 11) is 0. The molecule has 0 aliphatic carbocycles. The number of carbonyl (C=O) groups excluding carboxylic acids is 2. The molecule has 0 aromatic heterocycles. The van der Waals surface area contributed by atoms with Crippen LogP contribution >= 0.6 is 0 Å². The second-order valence-electron chi connectivity index (χ2n) is 8.33. The first-order valence-corrected chi connectivity index (χ1v) is 11.6. The molecule has 0 spiro atoms. The van der Waals surface area contributed by atoms with E-state index in [9.17, 15) is 34.2 Å². The largest absolute Gasteiger partial charge is 0.481 e. The third-order valence-electron chi connectivity index (χ3n) is 5.42. The minimum atomic E-state index is -2.07. The summed E-state index contributed by atoms with van der Waals surface area (Å²) in [5.74, 6) is -5.26. The van der Waals surface area contributed by atoms with Crippen LogP contribution in [0.15, 0.2) is 30.3 Å². The number of carboxylic acids is 3. The monoisotopic (exact) mass is 527 g/mol. The van der Waals surface area contributed by atoms with E-state index in [1.165, 1.54) is 0 Å². The van der Waals surface area contributed by atoms with Gasteiger partial charge in [-0.2, -0.15) is 0 Å². The first-order chi connectivity index (χ1) is 17.5. The number of esters is 1. The minimum absolute atomic E-state index is 0.00947. The highest BCUT2D eigenvalue weighted by molar-refractivity contribution is 5.82. The second kappa shape index (κ2) is 16.2. The average Bonchev–Trinajstić information content (AvgIpc) is 2.85. The predicted molar refractivity (Wildman–Crippen MR) is 125 cm³/mol. The standard InChI is InChI=1S/C24H33NO12/c26-17(6-9-20(29)30)24(15-36-13-12-22(33)34,18(27)7-10-21(31)32)25-19(28)8-11-23(35)37-14-16-4-2-1-3-5-16/h1-5,17-18,26-27H,6-15H2,(H,25,28)(H,29,30)(H,31,32)(H,33,34). The van der Waals surface area contributed by atoms with Crippen LogP contribution in [-0.4, -0.2) is 86.3 Å². The molecule has 0 aliphatic rings. The van der Waals surface area contributed by atoms with Crippen LogP contribution in [0.3, 0.4) is 0 Å². The first-order valence-electron chi connectivity index (χ1n) is 11.6. The Bertz CT molecular complexity index is 880. The fourth-order valence-corrected chi connectivity index (χ4v) is 3.40. The minimum Gasteiger partial charge on any atom is -0.481 e. The smallest absolute Gasteiger partial charge is 0.306 e. The zero-order valence-corrected chi connectivity index (χ0v) is 20.2. The summed E-state index contributed by atoms with van der Waals surface area (Å²) < 4.78 is 10.4. The van der Waals surface area contributed by atoms with Crippen LogP contribution < -0.4 is 5.32 Å². The van der Waals surface area contributed by atoms with E-state index in [0.29, 0.717) is 0 Å². The number of hydrogen-bond acceptors (Lipinski definition) is 9. The molecule has 1 amide bonds. The van der Waals surface area contributed by atoms with Crippen molar-refractivity contribution in [3.8, 4) is 0 Å². The highest BCUT2D eigenvalue weighted by atomic mass is 16.5. The third-order valence-corrected chi connectivity index (χ3v) is 5.42. The summed E-state index contributed by atoms with van der Waals surface area (Å²) >= 11 is 0. The van der Waals surface area contributed by atoms with Crippen molar-refractivity contribution in [2.45, 2.75) is 69.3 Å². The number of aliphatic hydroxyl groups excluding tert-OH is 2. The Morgan fingerprint density at radius 1 is 0.784 bits per heavy atom. The van der Waals surface area contributed by atoms with Crippen molar-refractivity contribution in [1.29, 1.82) is 0 Å². The fourth-order valence-electron chi connectivity index (χ4n) is 3.40. The number of benzene rings is 1. The molecule has 0 saturated heterocycles. The summed E-state index contributed by atoms with van der Waals surface area (Å²) in [4.78, 5) is 57.7. The van der Waals surface area contributed by atoms with Crippen molar-refractivity contribution >= 4 is 29.8 Å². The van der Waals surface area contributed by atoms with E-state index < -0.39 is 92.7 Å². The highest BCUT2D eigenvalue weighted by Crippen LogP contribution is 2.25. The second-order valence-corrected chi connectivity index (χ2v) is 8.33. The Hall–Kier alpha value is -3.55. The first kappa shape index (κ1) is 31.5. The van der Waals surface area contributed by atoms with E-state index in [4.69, 9.17) is 24.8 Å². The van der Waals surface area contributed by atoms with Crippen LogP contribution in [-0.2, 0) is 40.1 Å². The Labute approximate surface area is 213 Å². The van der Waals surface area contributed by atoms with Gasteiger partial charge in [0.2, 0.25) is 5.91 Å². The van der Waals surface area contributed by atoms with Gasteiger partial charge in [-0.25, -0.2) is 0 Å². The Balaban J connectivity index is 2.97. The third kappa shape index (κ3) is 12.3. The number of ether oxygens (including phenoxy) is 2. The van der Waals surface area contributed by atoms with Gasteiger partial charge in [-0.3, -0.25) is 24.0 Å². The number of aliphatic hydroxyl groups is 2. The zero-order chi connectivity index (χ0) is 27.8. The van der Waals surface area contributed by atoms with Gasteiger partial charge in [0.25, 0.3) is 0 Å². The molecule has 37 heavy (non-hydrogen) atoms. The van der Waals surface area contributed by atoms with Gasteiger partial charge in [-0.05, 0) is 18.4 Å². The van der Waals surface area contributed by atoms with Gasteiger partial charge in [-0.1, -0.05) is 30.3 Å². The van der Waals surface area contributed by atoms with Crippen LogP contribution in [0, 0.1) is 0 Å². The normalized spacial score (nSPS) is 14.1. The molecule has 0 heterocycles. The summed E-state index contributed by atoms with van der Waals surface area (Å²) in [6.07, 6.45) is -6.64. The Morgan fingerprint density at radius 3 is 1.84 bits per heavy atom. The van der Waals surface area contributed by atoms with E-state index >= 15 is 0 Å². The van der Waals surface area contributed by atoms with Gasteiger partial charge in [0.15, 0.2) is 0 Å². The van der Waals surface area contributed by atoms with E-state index in [1.54, 1.807) is 30.3 Å². The molecule has 0 bridgehead atoms. The molecule has 1 rings (SSSR count). The van der Waals surface area contributed by atoms with Crippen molar-refractivity contribution in [3.63, 3.8) is 0 Å². The maximum atomic E-state index is 12.7. The van der Waals surface area contributed by atoms with Crippen molar-refractivity contribution in [1.82, 2.24) is 5.32 Å². The predicted octanol–water partition coefficient (Wildman–Crippen LogP) is 0.308. The molecule has 0 fully saturated rings. The number of aliphatic carboxylic acids is 3. The summed E-state index contributed by atoms with van der Waals surface area (Å²) in [6, 6.07) is 8.81. The van der Waals surface area contributed by atoms with Crippen molar-refractivity contribution in [2.75, 3.05) is 13.2 Å². The summed E-state index contributed by atoms with van der Waals surface area (Å²) in [5.41, 5.74) is -1.34. The fraction of sp³-hybridized carbons (Fsp3) is 0.542. The van der Waals surface area contributed by atoms with Crippen LogP contribution in [0.1, 0.15) is 50.5 Å². The topological polar surface area (TPSA) is 217 Å². The van der Waals surface area contributed by atoms with Crippen LogP contribution in [0.2, 0.25) is 0 Å². The van der Waals surface area contributed by atoms with E-state index in [-0.39, 0.29) is 19.6 Å². The average molecular weight is 528 g/mol. The molecule has 13 heteroatoms. The van der Waals surface area contributed by atoms with E-state index in [1.807, 2.05) is 0 Å². The van der Waals surface area contributed by atoms with E-state index in [0.717, 1.165) is 5.56 Å². The molecule has 13 nitrogen and oxygen atoms in total. The number of hydrogen-bond donors (Lipinski definition) is 6. The molecule has 1 aromatic rings.